The molecule has 0 saturated carbocycles. The molecule has 0 bridgehead atoms. The van der Waals surface area contributed by atoms with Gasteiger partial charge in [0.15, 0.2) is 0 Å². The van der Waals surface area contributed by atoms with Gasteiger partial charge in [0.1, 0.15) is 0 Å². The predicted octanol–water partition coefficient (Wildman–Crippen LogP) is 1.55. The van der Waals surface area contributed by atoms with E-state index < -0.39 is 0 Å². The molecule has 0 radical (unpaired) electrons. The molecule has 13 heavy (non-hydrogen) atoms. The fraction of sp³-hybridized carbons (Fsp3) is 0.444. The monoisotopic (exact) mass is 199 g/mol. The van der Waals surface area contributed by atoms with E-state index in [-0.39, 0.29) is 12.4 Å². The first kappa shape index (κ1) is 10.3. The van der Waals surface area contributed by atoms with Crippen molar-refractivity contribution in [3.8, 4) is 0 Å². The van der Waals surface area contributed by atoms with Crippen LogP contribution in [-0.2, 0) is 0 Å². The smallest absolute Gasteiger partial charge is 0.0924 e. The van der Waals surface area contributed by atoms with Gasteiger partial charge in [-0.2, -0.15) is 0 Å². The molecular weight excluding hydrogens is 186 g/mol. The van der Waals surface area contributed by atoms with E-state index in [1.807, 2.05) is 6.20 Å². The maximum absolute atomic E-state index is 4.01. The van der Waals surface area contributed by atoms with Gasteiger partial charge >= 0.3 is 0 Å². The van der Waals surface area contributed by atoms with Crippen molar-refractivity contribution in [2.45, 2.75) is 6.42 Å². The van der Waals surface area contributed by atoms with E-state index in [1.54, 1.807) is 6.33 Å². The Morgan fingerprint density at radius 1 is 1.54 bits per heavy atom. The highest BCUT2D eigenvalue weighted by Gasteiger charge is 2.09. The average molecular weight is 200 g/mol. The van der Waals surface area contributed by atoms with Crippen molar-refractivity contribution >= 4 is 18.0 Å². The molecule has 1 aliphatic rings. The fourth-order valence-corrected chi connectivity index (χ4v) is 1.45. The first-order valence-electron chi connectivity index (χ1n) is 4.22. The number of imidazole rings is 1. The third-order valence-electron chi connectivity index (χ3n) is 2.26. The van der Waals surface area contributed by atoms with E-state index in [4.69, 9.17) is 0 Å². The van der Waals surface area contributed by atoms with Crippen LogP contribution in [0.4, 0.5) is 0 Å². The van der Waals surface area contributed by atoms with Gasteiger partial charge in [-0.15, -0.1) is 12.4 Å². The highest BCUT2D eigenvalue weighted by Crippen LogP contribution is 2.18. The van der Waals surface area contributed by atoms with Gasteiger partial charge in [-0.1, -0.05) is 6.08 Å². The lowest BCUT2D eigenvalue weighted by Gasteiger charge is -2.20. The topological polar surface area (TPSA) is 31.9 Å². The molecular formula is C9H14ClN3. The number of aromatic nitrogens is 2. The number of aromatic amines is 1. The van der Waals surface area contributed by atoms with Crippen molar-refractivity contribution in [1.82, 2.24) is 14.9 Å². The van der Waals surface area contributed by atoms with E-state index in [9.17, 15) is 0 Å². The quantitative estimate of drug-likeness (QED) is 0.745. The molecule has 0 amide bonds. The van der Waals surface area contributed by atoms with Crippen LogP contribution in [0.15, 0.2) is 18.6 Å². The molecule has 0 aliphatic carbocycles. The van der Waals surface area contributed by atoms with Gasteiger partial charge in [0.05, 0.1) is 18.2 Å². The molecule has 0 saturated heterocycles. The predicted molar refractivity (Wildman–Crippen MR) is 55.9 cm³/mol. The lowest BCUT2D eigenvalue weighted by atomic mass is 10.1. The number of hydrogen-bond donors (Lipinski definition) is 1. The number of halogens is 1. The normalized spacial score (nSPS) is 17.8. The molecule has 1 aromatic rings. The summed E-state index contributed by atoms with van der Waals surface area (Å²) in [6, 6.07) is 0. The fourth-order valence-electron chi connectivity index (χ4n) is 1.45. The Balaban J connectivity index is 0.000000845. The largest absolute Gasteiger partial charge is 0.345 e. The third kappa shape index (κ3) is 2.32. The summed E-state index contributed by atoms with van der Waals surface area (Å²) >= 11 is 0. The molecule has 4 heteroatoms. The molecule has 72 valence electrons. The Kier molecular flexibility index (Phi) is 3.51. The van der Waals surface area contributed by atoms with Crippen LogP contribution in [0, 0.1) is 0 Å². The Bertz CT molecular complexity index is 279. The molecule has 0 fully saturated rings. The first-order valence-corrected chi connectivity index (χ1v) is 4.22. The highest BCUT2D eigenvalue weighted by atomic mass is 35.5. The van der Waals surface area contributed by atoms with Crippen molar-refractivity contribution < 1.29 is 0 Å². The van der Waals surface area contributed by atoms with E-state index >= 15 is 0 Å². The summed E-state index contributed by atoms with van der Waals surface area (Å²) in [7, 11) is 2.14. The molecule has 0 aromatic carbocycles. The van der Waals surface area contributed by atoms with Crippen LogP contribution in [0.2, 0.25) is 0 Å². The first-order chi connectivity index (χ1) is 5.86. The van der Waals surface area contributed by atoms with Gasteiger partial charge in [-0.3, -0.25) is 0 Å². The zero-order valence-corrected chi connectivity index (χ0v) is 8.47. The molecule has 0 atom stereocenters. The number of rotatable bonds is 1. The van der Waals surface area contributed by atoms with Crippen molar-refractivity contribution in [3.63, 3.8) is 0 Å². The minimum Gasteiger partial charge on any atom is -0.345 e. The zero-order chi connectivity index (χ0) is 8.39. The van der Waals surface area contributed by atoms with Gasteiger partial charge < -0.3 is 9.88 Å². The Morgan fingerprint density at radius 3 is 2.92 bits per heavy atom. The van der Waals surface area contributed by atoms with Crippen LogP contribution < -0.4 is 0 Å². The number of nitrogens with one attached hydrogen (secondary N) is 1. The maximum atomic E-state index is 4.01. The molecule has 3 nitrogen and oxygen atoms in total. The van der Waals surface area contributed by atoms with Gasteiger partial charge in [0, 0.05) is 13.1 Å². The Hall–Kier alpha value is -0.800. The van der Waals surface area contributed by atoms with E-state index in [0.717, 1.165) is 19.5 Å². The molecule has 0 unspecified atom stereocenters. The summed E-state index contributed by atoms with van der Waals surface area (Å²) in [4.78, 5) is 9.44. The van der Waals surface area contributed by atoms with Crippen molar-refractivity contribution in [2.24, 2.45) is 0 Å². The second-order valence-corrected chi connectivity index (χ2v) is 3.21. The van der Waals surface area contributed by atoms with Gasteiger partial charge in [-0.05, 0) is 19.0 Å². The van der Waals surface area contributed by atoms with Crippen molar-refractivity contribution in [1.29, 1.82) is 0 Å². The Labute approximate surface area is 84.3 Å². The SMILES string of the molecule is CN1CC=C(c2cnc[nH]2)CC1.Cl. The lowest BCUT2D eigenvalue weighted by Crippen LogP contribution is -2.23. The van der Waals surface area contributed by atoms with E-state index in [0.29, 0.717) is 0 Å². The maximum Gasteiger partial charge on any atom is 0.0924 e. The van der Waals surface area contributed by atoms with Gasteiger partial charge in [0.25, 0.3) is 0 Å². The van der Waals surface area contributed by atoms with Crippen LogP contribution in [0.3, 0.4) is 0 Å². The van der Waals surface area contributed by atoms with Crippen LogP contribution in [0.25, 0.3) is 5.57 Å². The third-order valence-corrected chi connectivity index (χ3v) is 2.26. The van der Waals surface area contributed by atoms with Gasteiger partial charge in [-0.25, -0.2) is 4.98 Å². The summed E-state index contributed by atoms with van der Waals surface area (Å²) in [5, 5.41) is 0. The molecule has 0 spiro atoms. The number of nitrogens with zero attached hydrogens (tertiary/aromatic N) is 2. The second kappa shape index (κ2) is 4.44. The van der Waals surface area contributed by atoms with Crippen LogP contribution >= 0.6 is 12.4 Å². The van der Waals surface area contributed by atoms with Crippen molar-refractivity contribution in [2.75, 3.05) is 20.1 Å². The molecule has 1 aromatic heterocycles. The minimum atomic E-state index is 0. The minimum absolute atomic E-state index is 0. The summed E-state index contributed by atoms with van der Waals surface area (Å²) in [6.45, 7) is 2.19. The standard InChI is InChI=1S/C9H13N3.ClH/c1-12-4-2-8(3-5-12)9-6-10-7-11-9;/h2,6-7H,3-5H2,1H3,(H,10,11);1H. The molecule has 2 heterocycles. The number of likely N-dealkylation sites (N-methyl/N-ethyl adjacent to an activating group) is 1. The molecule has 1 aliphatic heterocycles. The van der Waals surface area contributed by atoms with E-state index in [2.05, 4.69) is 28.0 Å². The zero-order valence-electron chi connectivity index (χ0n) is 7.66. The molecule has 2 rings (SSSR count). The summed E-state index contributed by atoms with van der Waals surface area (Å²) in [6.07, 6.45) is 7.00. The van der Waals surface area contributed by atoms with Crippen LogP contribution in [-0.4, -0.2) is 35.0 Å². The highest BCUT2D eigenvalue weighted by molar-refractivity contribution is 5.85. The summed E-state index contributed by atoms with van der Waals surface area (Å²) < 4.78 is 0. The summed E-state index contributed by atoms with van der Waals surface area (Å²) in [5.41, 5.74) is 2.56. The Morgan fingerprint density at radius 2 is 2.38 bits per heavy atom. The molecule has 1 N–H and O–H groups in total. The van der Waals surface area contributed by atoms with Gasteiger partial charge in [0.2, 0.25) is 0 Å². The van der Waals surface area contributed by atoms with Crippen LogP contribution in [0.1, 0.15) is 12.1 Å². The van der Waals surface area contributed by atoms with Crippen LogP contribution in [0.5, 0.6) is 0 Å². The number of H-pyrrole nitrogens is 1. The van der Waals surface area contributed by atoms with E-state index in [1.165, 1.54) is 11.3 Å². The van der Waals surface area contributed by atoms with Crippen molar-refractivity contribution in [3.05, 3.63) is 24.3 Å². The number of hydrogen-bond acceptors (Lipinski definition) is 2. The summed E-state index contributed by atoms with van der Waals surface area (Å²) in [5.74, 6) is 0. The average Bonchev–Trinajstić information content (AvgIpc) is 2.58. The second-order valence-electron chi connectivity index (χ2n) is 3.21. The lowest BCUT2D eigenvalue weighted by molar-refractivity contribution is 0.370.